The lowest BCUT2D eigenvalue weighted by molar-refractivity contribution is -0.385. The fraction of sp³-hybridized carbons (Fsp3) is 0.0714. The van der Waals surface area contributed by atoms with Gasteiger partial charge in [0.1, 0.15) is 5.69 Å². The number of anilines is 1. The van der Waals surface area contributed by atoms with Crippen molar-refractivity contribution in [3.63, 3.8) is 0 Å². The molecule has 0 fully saturated rings. The lowest BCUT2D eigenvalue weighted by Crippen LogP contribution is -2.30. The Morgan fingerprint density at radius 3 is 2.57 bits per heavy atom. The SMILES string of the molecule is Cc1c(N2C(=O)c3cccnc3C2=O)cccc1[N+](=O)[O-]. The summed E-state index contributed by atoms with van der Waals surface area (Å²) in [5.74, 6) is -1.09. The van der Waals surface area contributed by atoms with E-state index in [1.165, 1.54) is 37.4 Å². The average molecular weight is 283 g/mol. The van der Waals surface area contributed by atoms with E-state index >= 15 is 0 Å². The molecule has 7 nitrogen and oxygen atoms in total. The van der Waals surface area contributed by atoms with E-state index in [0.29, 0.717) is 0 Å². The number of hydrogen-bond acceptors (Lipinski definition) is 5. The van der Waals surface area contributed by atoms with Crippen LogP contribution in [0.5, 0.6) is 0 Å². The molecule has 0 saturated carbocycles. The second-order valence-corrected chi connectivity index (χ2v) is 4.52. The van der Waals surface area contributed by atoms with Crippen molar-refractivity contribution in [2.45, 2.75) is 6.92 Å². The zero-order chi connectivity index (χ0) is 15.1. The summed E-state index contributed by atoms with van der Waals surface area (Å²) in [6.07, 6.45) is 1.42. The van der Waals surface area contributed by atoms with Gasteiger partial charge in [0.2, 0.25) is 0 Å². The number of imide groups is 1. The topological polar surface area (TPSA) is 93.4 Å². The van der Waals surface area contributed by atoms with E-state index in [4.69, 9.17) is 0 Å². The molecule has 1 aliphatic heterocycles. The van der Waals surface area contributed by atoms with Crippen molar-refractivity contribution in [3.8, 4) is 0 Å². The zero-order valence-corrected chi connectivity index (χ0v) is 10.9. The van der Waals surface area contributed by atoms with Gasteiger partial charge < -0.3 is 0 Å². The number of nitro groups is 1. The second kappa shape index (κ2) is 4.48. The van der Waals surface area contributed by atoms with Gasteiger partial charge in [-0.2, -0.15) is 0 Å². The number of rotatable bonds is 2. The number of carbonyl (C=O) groups excluding carboxylic acids is 2. The number of carbonyl (C=O) groups is 2. The molecule has 104 valence electrons. The third-order valence-electron chi connectivity index (χ3n) is 3.36. The van der Waals surface area contributed by atoms with Crippen LogP contribution in [-0.2, 0) is 0 Å². The highest BCUT2D eigenvalue weighted by atomic mass is 16.6. The predicted molar refractivity (Wildman–Crippen MR) is 73.2 cm³/mol. The Balaban J connectivity index is 2.16. The molecule has 2 amide bonds. The minimum atomic E-state index is -0.570. The fourth-order valence-corrected chi connectivity index (χ4v) is 2.34. The van der Waals surface area contributed by atoms with Gasteiger partial charge in [0.15, 0.2) is 0 Å². The van der Waals surface area contributed by atoms with E-state index in [9.17, 15) is 19.7 Å². The maximum Gasteiger partial charge on any atom is 0.284 e. The van der Waals surface area contributed by atoms with Gasteiger partial charge in [-0.25, -0.2) is 4.90 Å². The lowest BCUT2D eigenvalue weighted by atomic mass is 10.1. The molecule has 0 saturated heterocycles. The van der Waals surface area contributed by atoms with Gasteiger partial charge in [-0.3, -0.25) is 24.7 Å². The van der Waals surface area contributed by atoms with Crippen molar-refractivity contribution < 1.29 is 14.5 Å². The van der Waals surface area contributed by atoms with Crippen LogP contribution in [0.2, 0.25) is 0 Å². The zero-order valence-electron chi connectivity index (χ0n) is 10.9. The van der Waals surface area contributed by atoms with E-state index in [-0.39, 0.29) is 28.2 Å². The number of amides is 2. The van der Waals surface area contributed by atoms with Crippen molar-refractivity contribution in [1.29, 1.82) is 0 Å². The first kappa shape index (κ1) is 12.9. The molecule has 1 aliphatic rings. The van der Waals surface area contributed by atoms with Crippen molar-refractivity contribution in [2.75, 3.05) is 4.90 Å². The number of nitro benzene ring substituents is 1. The summed E-state index contributed by atoms with van der Waals surface area (Å²) in [5.41, 5.74) is 0.591. The molecule has 2 heterocycles. The highest BCUT2D eigenvalue weighted by molar-refractivity contribution is 6.34. The van der Waals surface area contributed by atoms with Crippen LogP contribution in [0.25, 0.3) is 0 Å². The van der Waals surface area contributed by atoms with Crippen LogP contribution in [0.3, 0.4) is 0 Å². The third kappa shape index (κ3) is 1.78. The van der Waals surface area contributed by atoms with Crippen molar-refractivity contribution in [2.24, 2.45) is 0 Å². The molecular formula is C14H9N3O4. The standard InChI is InChI=1S/C14H9N3O4/c1-8-10(5-2-6-11(8)17(20)21)16-13(18)9-4-3-7-15-12(9)14(16)19/h2-7H,1H3. The molecule has 0 N–H and O–H groups in total. The molecule has 1 aromatic carbocycles. The molecule has 0 bridgehead atoms. The monoisotopic (exact) mass is 283 g/mol. The second-order valence-electron chi connectivity index (χ2n) is 4.52. The number of pyridine rings is 1. The maximum atomic E-state index is 12.3. The summed E-state index contributed by atoms with van der Waals surface area (Å²) in [6.45, 7) is 1.50. The first-order chi connectivity index (χ1) is 10.0. The largest absolute Gasteiger partial charge is 0.284 e. The van der Waals surface area contributed by atoms with Gasteiger partial charge in [-0.1, -0.05) is 6.07 Å². The lowest BCUT2D eigenvalue weighted by Gasteiger charge is -2.15. The average Bonchev–Trinajstić information content (AvgIpc) is 2.72. The summed E-state index contributed by atoms with van der Waals surface area (Å²) < 4.78 is 0. The fourth-order valence-electron chi connectivity index (χ4n) is 2.34. The van der Waals surface area contributed by atoms with E-state index < -0.39 is 16.7 Å². The van der Waals surface area contributed by atoms with E-state index in [0.717, 1.165) is 4.90 Å². The van der Waals surface area contributed by atoms with Crippen LogP contribution in [0.1, 0.15) is 26.4 Å². The highest BCUT2D eigenvalue weighted by Gasteiger charge is 2.39. The first-order valence-corrected chi connectivity index (χ1v) is 6.10. The summed E-state index contributed by atoms with van der Waals surface area (Å²) >= 11 is 0. The van der Waals surface area contributed by atoms with Gasteiger partial charge in [0.25, 0.3) is 17.5 Å². The molecule has 7 heteroatoms. The Morgan fingerprint density at radius 1 is 1.14 bits per heavy atom. The van der Waals surface area contributed by atoms with Gasteiger partial charge in [0, 0.05) is 12.3 Å². The minimum Gasteiger partial charge on any atom is -0.268 e. The van der Waals surface area contributed by atoms with Crippen LogP contribution in [-0.4, -0.2) is 21.7 Å². The maximum absolute atomic E-state index is 12.3. The van der Waals surface area contributed by atoms with Crippen molar-refractivity contribution in [1.82, 2.24) is 4.98 Å². The Hall–Kier alpha value is -3.09. The summed E-state index contributed by atoms with van der Waals surface area (Å²) in [5, 5.41) is 11.0. The quantitative estimate of drug-likeness (QED) is 0.478. The molecule has 21 heavy (non-hydrogen) atoms. The number of hydrogen-bond donors (Lipinski definition) is 0. The molecule has 1 aromatic heterocycles. The van der Waals surface area contributed by atoms with Crippen LogP contribution in [0, 0.1) is 17.0 Å². The van der Waals surface area contributed by atoms with Crippen LogP contribution >= 0.6 is 0 Å². The molecule has 0 radical (unpaired) electrons. The number of aromatic nitrogens is 1. The molecule has 0 spiro atoms. The Kier molecular flexibility index (Phi) is 2.76. The Morgan fingerprint density at radius 2 is 1.90 bits per heavy atom. The number of nitrogens with zero attached hydrogens (tertiary/aromatic N) is 3. The molecule has 0 unspecified atom stereocenters. The minimum absolute atomic E-state index is 0.0633. The molecule has 0 aliphatic carbocycles. The molecule has 2 aromatic rings. The summed E-state index contributed by atoms with van der Waals surface area (Å²) in [7, 11) is 0. The first-order valence-electron chi connectivity index (χ1n) is 6.10. The van der Waals surface area contributed by atoms with E-state index in [2.05, 4.69) is 4.98 Å². The molecule has 0 atom stereocenters. The normalized spacial score (nSPS) is 13.5. The van der Waals surface area contributed by atoms with E-state index in [1.807, 2.05) is 0 Å². The van der Waals surface area contributed by atoms with Crippen molar-refractivity contribution in [3.05, 3.63) is 63.5 Å². The van der Waals surface area contributed by atoms with Gasteiger partial charge >= 0.3 is 0 Å². The van der Waals surface area contributed by atoms with Crippen LogP contribution in [0.15, 0.2) is 36.5 Å². The Labute approximate surface area is 119 Å². The van der Waals surface area contributed by atoms with Crippen LogP contribution < -0.4 is 4.90 Å². The van der Waals surface area contributed by atoms with Gasteiger partial charge in [-0.15, -0.1) is 0 Å². The number of fused-ring (bicyclic) bond motifs is 1. The van der Waals surface area contributed by atoms with Crippen LogP contribution in [0.4, 0.5) is 11.4 Å². The molecular weight excluding hydrogens is 274 g/mol. The smallest absolute Gasteiger partial charge is 0.268 e. The summed E-state index contributed by atoms with van der Waals surface area (Å²) in [6, 6.07) is 7.35. The van der Waals surface area contributed by atoms with Crippen molar-refractivity contribution >= 4 is 23.2 Å². The molecule has 3 rings (SSSR count). The van der Waals surface area contributed by atoms with Gasteiger partial charge in [0.05, 0.1) is 21.7 Å². The Bertz CT molecular complexity index is 766. The number of benzene rings is 1. The van der Waals surface area contributed by atoms with Gasteiger partial charge in [-0.05, 0) is 25.1 Å². The third-order valence-corrected chi connectivity index (χ3v) is 3.36. The highest BCUT2D eigenvalue weighted by Crippen LogP contribution is 2.33. The van der Waals surface area contributed by atoms with E-state index in [1.54, 1.807) is 6.07 Å². The summed E-state index contributed by atoms with van der Waals surface area (Å²) in [4.78, 5) is 39.9. The predicted octanol–water partition coefficient (Wildman–Crippen LogP) is 2.10.